The highest BCUT2D eigenvalue weighted by atomic mass is 35.5. The lowest BCUT2D eigenvalue weighted by Crippen LogP contribution is -2.52. The highest BCUT2D eigenvalue weighted by Gasteiger charge is 2.27. The summed E-state index contributed by atoms with van der Waals surface area (Å²) in [5, 5.41) is 29.0. The molecule has 0 aliphatic carbocycles. The molecule has 37 heavy (non-hydrogen) atoms. The van der Waals surface area contributed by atoms with E-state index in [2.05, 4.69) is 31.3 Å². The van der Waals surface area contributed by atoms with E-state index in [9.17, 15) is 14.7 Å². The maximum atomic E-state index is 13.1. The number of aromatic nitrogens is 4. The number of benzene rings is 3. The molecular weight excluding hydrogens is 496 g/mol. The Hall–Kier alpha value is -4.12. The number of hydrogen-bond donors (Lipinski definition) is 4. The van der Waals surface area contributed by atoms with E-state index in [0.29, 0.717) is 5.02 Å². The molecule has 1 amide bonds. The van der Waals surface area contributed by atoms with Crippen LogP contribution in [0.25, 0.3) is 11.1 Å². The molecule has 1 unspecified atom stereocenters. The minimum absolute atomic E-state index is 0.0136. The summed E-state index contributed by atoms with van der Waals surface area (Å²) in [6, 6.07) is 22.5. The Morgan fingerprint density at radius 2 is 1.73 bits per heavy atom. The van der Waals surface area contributed by atoms with E-state index in [-0.39, 0.29) is 25.6 Å². The van der Waals surface area contributed by atoms with Crippen LogP contribution in [0.4, 0.5) is 5.95 Å². The molecule has 0 spiro atoms. The summed E-state index contributed by atoms with van der Waals surface area (Å²) < 4.78 is 5.63. The van der Waals surface area contributed by atoms with Crippen molar-refractivity contribution < 1.29 is 19.4 Å². The molecule has 0 radical (unpaired) electrons. The topological polar surface area (TPSA) is 142 Å². The number of carbonyl (C=O) groups is 2. The predicted octanol–water partition coefficient (Wildman–Crippen LogP) is 3.33. The van der Waals surface area contributed by atoms with Gasteiger partial charge in [-0.1, -0.05) is 83.4 Å². The number of aromatic amines is 1. The van der Waals surface area contributed by atoms with Gasteiger partial charge in [-0.15, -0.1) is 5.10 Å². The lowest BCUT2D eigenvalue weighted by molar-refractivity contribution is -0.141. The Kier molecular flexibility index (Phi) is 8.93. The standard InChI is InChI=1S/C26H25ClN6O4/c27-21-8-4-7-20(14-21)19-11-9-17(10-12-19)13-22(24(34)29-26-30-32-33-31-26)28-23(25(35)36)16-37-15-18-5-2-1-3-6-18/h1-12,14,22-23,28H,13,15-16H2,(H,35,36)(H2,29,30,31,32,33,34)/t22-,23?/m0/s1. The van der Waals surface area contributed by atoms with Crippen LogP contribution < -0.4 is 10.6 Å². The van der Waals surface area contributed by atoms with Gasteiger partial charge >= 0.3 is 5.97 Å². The average molecular weight is 521 g/mol. The van der Waals surface area contributed by atoms with Gasteiger partial charge in [0, 0.05) is 5.02 Å². The Bertz CT molecular complexity index is 1300. The van der Waals surface area contributed by atoms with Gasteiger partial charge in [0.1, 0.15) is 6.04 Å². The molecule has 4 N–H and O–H groups in total. The summed E-state index contributed by atoms with van der Waals surface area (Å²) in [5.41, 5.74) is 3.66. The molecule has 0 fully saturated rings. The molecule has 0 bridgehead atoms. The van der Waals surface area contributed by atoms with E-state index in [1.54, 1.807) is 6.07 Å². The molecule has 3 aromatic carbocycles. The third-order valence-electron chi connectivity index (χ3n) is 5.55. The quantitative estimate of drug-likeness (QED) is 0.223. The summed E-state index contributed by atoms with van der Waals surface area (Å²) in [5.74, 6) is -1.66. The Balaban J connectivity index is 1.46. The van der Waals surface area contributed by atoms with E-state index in [4.69, 9.17) is 16.3 Å². The normalized spacial score (nSPS) is 12.6. The summed E-state index contributed by atoms with van der Waals surface area (Å²) in [4.78, 5) is 25.0. The van der Waals surface area contributed by atoms with E-state index in [1.807, 2.05) is 72.8 Å². The molecule has 190 valence electrons. The van der Waals surface area contributed by atoms with Gasteiger partial charge in [-0.2, -0.15) is 5.21 Å². The molecule has 0 aliphatic rings. The molecule has 1 heterocycles. The van der Waals surface area contributed by atoms with Crippen molar-refractivity contribution in [3.8, 4) is 11.1 Å². The van der Waals surface area contributed by atoms with Crippen molar-refractivity contribution in [1.29, 1.82) is 0 Å². The Labute approximate surface area is 218 Å². The number of hydrogen-bond acceptors (Lipinski definition) is 7. The number of anilines is 1. The van der Waals surface area contributed by atoms with E-state index in [1.165, 1.54) is 0 Å². The number of halogens is 1. The number of carbonyl (C=O) groups excluding carboxylic acids is 1. The van der Waals surface area contributed by atoms with Gasteiger partial charge in [0.05, 0.1) is 19.3 Å². The van der Waals surface area contributed by atoms with Crippen molar-refractivity contribution in [2.75, 3.05) is 11.9 Å². The second kappa shape index (κ2) is 12.7. The van der Waals surface area contributed by atoms with Crippen LogP contribution in [0.3, 0.4) is 0 Å². The third-order valence-corrected chi connectivity index (χ3v) is 5.78. The minimum Gasteiger partial charge on any atom is -0.480 e. The lowest BCUT2D eigenvalue weighted by Gasteiger charge is -2.22. The van der Waals surface area contributed by atoms with Gasteiger partial charge in [0.25, 0.3) is 5.95 Å². The summed E-state index contributed by atoms with van der Waals surface area (Å²) in [7, 11) is 0. The van der Waals surface area contributed by atoms with Crippen molar-refractivity contribution in [2.45, 2.75) is 25.1 Å². The molecule has 4 aromatic rings. The first kappa shape index (κ1) is 26.0. The lowest BCUT2D eigenvalue weighted by atomic mass is 10.00. The second-order valence-corrected chi connectivity index (χ2v) is 8.68. The highest BCUT2D eigenvalue weighted by Crippen LogP contribution is 2.23. The molecule has 4 rings (SSSR count). The smallest absolute Gasteiger partial charge is 0.323 e. The number of tetrazole rings is 1. The van der Waals surface area contributed by atoms with Crippen LogP contribution in [0.1, 0.15) is 11.1 Å². The number of nitrogens with zero attached hydrogens (tertiary/aromatic N) is 3. The number of aliphatic carboxylic acids is 1. The van der Waals surface area contributed by atoms with E-state index >= 15 is 0 Å². The zero-order chi connectivity index (χ0) is 26.0. The van der Waals surface area contributed by atoms with Gasteiger partial charge in [0.2, 0.25) is 5.91 Å². The van der Waals surface area contributed by atoms with Crippen LogP contribution in [0.5, 0.6) is 0 Å². The van der Waals surface area contributed by atoms with Crippen LogP contribution in [0.15, 0.2) is 78.9 Å². The number of H-pyrrole nitrogens is 1. The summed E-state index contributed by atoms with van der Waals surface area (Å²) in [6.07, 6.45) is 0.210. The van der Waals surface area contributed by atoms with Crippen LogP contribution in [-0.4, -0.2) is 56.3 Å². The molecule has 0 saturated carbocycles. The molecule has 0 aliphatic heterocycles. The first-order valence-electron chi connectivity index (χ1n) is 11.5. The third kappa shape index (κ3) is 7.68. The molecule has 11 heteroatoms. The number of carboxylic acids is 1. The number of amides is 1. The maximum absolute atomic E-state index is 13.1. The van der Waals surface area contributed by atoms with E-state index in [0.717, 1.165) is 22.3 Å². The first-order valence-corrected chi connectivity index (χ1v) is 11.9. The van der Waals surface area contributed by atoms with Gasteiger partial charge in [0.15, 0.2) is 0 Å². The molecule has 10 nitrogen and oxygen atoms in total. The fourth-order valence-electron chi connectivity index (χ4n) is 3.68. The predicted molar refractivity (Wildman–Crippen MR) is 138 cm³/mol. The van der Waals surface area contributed by atoms with Crippen molar-refractivity contribution in [3.05, 3.63) is 95.0 Å². The van der Waals surface area contributed by atoms with Crippen LogP contribution in [0.2, 0.25) is 5.02 Å². The van der Waals surface area contributed by atoms with Gasteiger partial charge < -0.3 is 9.84 Å². The van der Waals surface area contributed by atoms with Crippen molar-refractivity contribution in [3.63, 3.8) is 0 Å². The second-order valence-electron chi connectivity index (χ2n) is 8.25. The van der Waals surface area contributed by atoms with Crippen molar-refractivity contribution in [1.82, 2.24) is 25.9 Å². The summed E-state index contributed by atoms with van der Waals surface area (Å²) >= 11 is 6.11. The molecule has 2 atom stereocenters. The number of carboxylic acid groups (broad SMARTS) is 1. The highest BCUT2D eigenvalue weighted by molar-refractivity contribution is 6.30. The number of ether oxygens (including phenoxy) is 1. The number of rotatable bonds is 12. The average Bonchev–Trinajstić information content (AvgIpc) is 3.41. The largest absolute Gasteiger partial charge is 0.480 e. The molecule has 1 aromatic heterocycles. The maximum Gasteiger partial charge on any atom is 0.323 e. The van der Waals surface area contributed by atoms with Gasteiger partial charge in [-0.05, 0) is 46.0 Å². The summed E-state index contributed by atoms with van der Waals surface area (Å²) in [6.45, 7) is 0.112. The molecule has 0 saturated heterocycles. The fraction of sp³-hybridized carbons (Fsp3) is 0.192. The Morgan fingerprint density at radius 1 is 0.946 bits per heavy atom. The zero-order valence-electron chi connectivity index (χ0n) is 19.7. The SMILES string of the molecule is O=C(O)C(COCc1ccccc1)N[C@@H](Cc1ccc(-c2cccc(Cl)c2)cc1)C(=O)Nc1nn[nH]n1. The van der Waals surface area contributed by atoms with Crippen LogP contribution in [0, 0.1) is 0 Å². The van der Waals surface area contributed by atoms with Crippen molar-refractivity contribution in [2.24, 2.45) is 0 Å². The number of nitrogens with one attached hydrogen (secondary N) is 3. The van der Waals surface area contributed by atoms with Crippen molar-refractivity contribution >= 4 is 29.4 Å². The monoisotopic (exact) mass is 520 g/mol. The van der Waals surface area contributed by atoms with Gasteiger partial charge in [-0.3, -0.25) is 20.2 Å². The van der Waals surface area contributed by atoms with E-state index < -0.39 is 24.0 Å². The Morgan fingerprint density at radius 3 is 2.41 bits per heavy atom. The minimum atomic E-state index is -1.14. The van der Waals surface area contributed by atoms with Crippen LogP contribution in [-0.2, 0) is 27.4 Å². The fourth-order valence-corrected chi connectivity index (χ4v) is 3.87. The van der Waals surface area contributed by atoms with Crippen LogP contribution >= 0.6 is 11.6 Å². The molecular formula is C26H25ClN6O4. The van der Waals surface area contributed by atoms with Gasteiger partial charge in [-0.25, -0.2) is 0 Å². The first-order chi connectivity index (χ1) is 18.0. The zero-order valence-corrected chi connectivity index (χ0v) is 20.4.